The predicted octanol–water partition coefficient (Wildman–Crippen LogP) is 4.34. The van der Waals surface area contributed by atoms with Gasteiger partial charge in [0.1, 0.15) is 0 Å². The molecule has 21 heavy (non-hydrogen) atoms. The van der Waals surface area contributed by atoms with Crippen molar-refractivity contribution in [2.75, 3.05) is 0 Å². The zero-order valence-electron chi connectivity index (χ0n) is 12.4. The van der Waals surface area contributed by atoms with Crippen molar-refractivity contribution in [2.45, 2.75) is 52.0 Å². The number of carbonyl (C=O) groups excluding carboxylic acids is 1. The van der Waals surface area contributed by atoms with Gasteiger partial charge in [-0.25, -0.2) is 0 Å². The molecule has 1 atom stereocenters. The lowest BCUT2D eigenvalue weighted by Gasteiger charge is -2.18. The van der Waals surface area contributed by atoms with Gasteiger partial charge in [-0.2, -0.15) is 0 Å². The predicted molar refractivity (Wildman–Crippen MR) is 83.8 cm³/mol. The minimum Gasteiger partial charge on any atom is -0.349 e. The van der Waals surface area contributed by atoms with Gasteiger partial charge in [-0.3, -0.25) is 14.9 Å². The maximum absolute atomic E-state index is 12.2. The Kier molecular flexibility index (Phi) is 7.15. The van der Waals surface area contributed by atoms with Crippen LogP contribution in [-0.4, -0.2) is 16.9 Å². The molecule has 1 aromatic carbocycles. The fourth-order valence-electron chi connectivity index (χ4n) is 2.15. The molecule has 0 aliphatic carbocycles. The van der Waals surface area contributed by atoms with Crippen molar-refractivity contribution in [3.8, 4) is 0 Å². The number of hydrogen-bond acceptors (Lipinski definition) is 3. The van der Waals surface area contributed by atoms with Crippen LogP contribution >= 0.6 is 11.6 Å². The Morgan fingerprint density at radius 2 is 2.05 bits per heavy atom. The van der Waals surface area contributed by atoms with E-state index in [-0.39, 0.29) is 28.2 Å². The molecule has 0 saturated carbocycles. The quantitative estimate of drug-likeness (QED) is 0.573. The van der Waals surface area contributed by atoms with Gasteiger partial charge in [-0.05, 0) is 18.9 Å². The molecule has 5 nitrogen and oxygen atoms in total. The molecule has 0 aliphatic rings. The number of nitro benzene ring substituents is 1. The van der Waals surface area contributed by atoms with Crippen molar-refractivity contribution in [1.82, 2.24) is 5.32 Å². The van der Waals surface area contributed by atoms with Crippen LogP contribution in [-0.2, 0) is 0 Å². The number of halogens is 1. The van der Waals surface area contributed by atoms with Crippen LogP contribution in [0.2, 0.25) is 5.02 Å². The van der Waals surface area contributed by atoms with E-state index in [0.29, 0.717) is 0 Å². The van der Waals surface area contributed by atoms with E-state index in [2.05, 4.69) is 19.2 Å². The van der Waals surface area contributed by atoms with E-state index < -0.39 is 4.92 Å². The summed E-state index contributed by atoms with van der Waals surface area (Å²) in [6, 6.07) is 4.02. The fraction of sp³-hybridized carbons (Fsp3) is 0.533. The van der Waals surface area contributed by atoms with E-state index in [9.17, 15) is 14.9 Å². The molecule has 1 rings (SSSR count). The van der Waals surface area contributed by atoms with E-state index in [4.69, 9.17) is 11.6 Å². The van der Waals surface area contributed by atoms with Gasteiger partial charge in [0.05, 0.1) is 15.5 Å². The first kappa shape index (κ1) is 17.4. The summed E-state index contributed by atoms with van der Waals surface area (Å²) in [5.74, 6) is -0.274. The van der Waals surface area contributed by atoms with E-state index in [0.717, 1.165) is 32.1 Å². The lowest BCUT2D eigenvalue weighted by molar-refractivity contribution is -0.384. The van der Waals surface area contributed by atoms with Crippen LogP contribution in [0.4, 0.5) is 5.69 Å². The summed E-state index contributed by atoms with van der Waals surface area (Å²) in [4.78, 5) is 22.4. The molecule has 1 unspecified atom stereocenters. The zero-order chi connectivity index (χ0) is 15.8. The van der Waals surface area contributed by atoms with Gasteiger partial charge in [0.25, 0.3) is 11.6 Å². The van der Waals surface area contributed by atoms with Crippen molar-refractivity contribution in [3.63, 3.8) is 0 Å². The maximum Gasteiger partial charge on any atom is 0.270 e. The summed E-state index contributed by atoms with van der Waals surface area (Å²) in [6.45, 7) is 4.18. The second-order valence-electron chi connectivity index (χ2n) is 5.02. The van der Waals surface area contributed by atoms with E-state index in [1.165, 1.54) is 18.2 Å². The fourth-order valence-corrected chi connectivity index (χ4v) is 2.41. The van der Waals surface area contributed by atoms with Gasteiger partial charge in [-0.15, -0.1) is 0 Å². The second kappa shape index (κ2) is 8.62. The molecule has 0 aliphatic heterocycles. The zero-order valence-corrected chi connectivity index (χ0v) is 13.2. The minimum absolute atomic E-state index is 0.104. The van der Waals surface area contributed by atoms with E-state index >= 15 is 0 Å². The first-order valence-electron chi connectivity index (χ1n) is 7.24. The average Bonchev–Trinajstić information content (AvgIpc) is 2.44. The van der Waals surface area contributed by atoms with Gasteiger partial charge in [0.2, 0.25) is 0 Å². The normalized spacial score (nSPS) is 12.0. The van der Waals surface area contributed by atoms with E-state index in [1.54, 1.807) is 0 Å². The van der Waals surface area contributed by atoms with Crippen LogP contribution in [0.15, 0.2) is 18.2 Å². The van der Waals surface area contributed by atoms with Crippen LogP contribution in [0.5, 0.6) is 0 Å². The van der Waals surface area contributed by atoms with Crippen molar-refractivity contribution in [3.05, 3.63) is 38.9 Å². The molecular weight excluding hydrogens is 292 g/mol. The summed E-state index contributed by atoms with van der Waals surface area (Å²) >= 11 is 5.97. The van der Waals surface area contributed by atoms with Gasteiger partial charge in [0, 0.05) is 18.2 Å². The first-order chi connectivity index (χ1) is 9.99. The van der Waals surface area contributed by atoms with Gasteiger partial charge in [-0.1, -0.05) is 44.7 Å². The molecule has 1 N–H and O–H groups in total. The molecular formula is C15H21ClN2O3. The van der Waals surface area contributed by atoms with Crippen LogP contribution in [0, 0.1) is 10.1 Å². The molecule has 116 valence electrons. The number of rotatable bonds is 8. The van der Waals surface area contributed by atoms with Gasteiger partial charge < -0.3 is 5.32 Å². The number of benzene rings is 1. The number of unbranched alkanes of at least 4 members (excludes halogenated alkanes) is 1. The van der Waals surface area contributed by atoms with E-state index in [1.807, 2.05) is 0 Å². The number of nitrogens with one attached hydrogen (secondary N) is 1. The largest absolute Gasteiger partial charge is 0.349 e. The van der Waals surface area contributed by atoms with Crippen molar-refractivity contribution in [1.29, 1.82) is 0 Å². The van der Waals surface area contributed by atoms with Crippen molar-refractivity contribution >= 4 is 23.2 Å². The summed E-state index contributed by atoms with van der Waals surface area (Å²) < 4.78 is 0. The Hall–Kier alpha value is -1.62. The molecule has 1 aromatic rings. The smallest absolute Gasteiger partial charge is 0.270 e. The van der Waals surface area contributed by atoms with Crippen LogP contribution < -0.4 is 5.32 Å². The van der Waals surface area contributed by atoms with Crippen molar-refractivity contribution < 1.29 is 9.72 Å². The Bertz CT molecular complexity index is 506. The number of nitrogens with zero attached hydrogens (tertiary/aromatic N) is 1. The molecule has 0 spiro atoms. The highest BCUT2D eigenvalue weighted by atomic mass is 35.5. The summed E-state index contributed by atoms with van der Waals surface area (Å²) in [7, 11) is 0. The number of carbonyl (C=O) groups is 1. The Balaban J connectivity index is 2.79. The number of hydrogen-bond donors (Lipinski definition) is 1. The summed E-state index contributed by atoms with van der Waals surface area (Å²) in [5, 5.41) is 13.7. The van der Waals surface area contributed by atoms with Gasteiger partial charge in [0.15, 0.2) is 0 Å². The molecule has 1 amide bonds. The standard InChI is InChI=1S/C15H21ClN2O3/c1-3-5-7-11(6-4-2)17-15(19)13-9-8-12(18(20)21)10-14(13)16/h8-11H,3-7H2,1-2H3,(H,17,19). The SMILES string of the molecule is CCCCC(CCC)NC(=O)c1ccc([N+](=O)[O-])cc1Cl. The monoisotopic (exact) mass is 312 g/mol. The number of non-ortho nitro benzene ring substituents is 1. The molecule has 0 bridgehead atoms. The summed E-state index contributed by atoms with van der Waals surface area (Å²) in [6.07, 6.45) is 4.97. The van der Waals surface area contributed by atoms with Crippen LogP contribution in [0.25, 0.3) is 0 Å². The second-order valence-corrected chi connectivity index (χ2v) is 5.43. The molecule has 0 saturated heterocycles. The number of amides is 1. The third kappa shape index (κ3) is 5.34. The van der Waals surface area contributed by atoms with Crippen LogP contribution in [0.3, 0.4) is 0 Å². The molecule has 0 radical (unpaired) electrons. The summed E-state index contributed by atoms with van der Waals surface area (Å²) in [5.41, 5.74) is 0.160. The third-order valence-corrected chi connectivity index (χ3v) is 3.60. The highest BCUT2D eigenvalue weighted by Crippen LogP contribution is 2.22. The molecule has 6 heteroatoms. The third-order valence-electron chi connectivity index (χ3n) is 3.29. The molecule has 0 fully saturated rings. The Morgan fingerprint density at radius 1 is 1.33 bits per heavy atom. The lowest BCUT2D eigenvalue weighted by Crippen LogP contribution is -2.34. The molecule has 0 aromatic heterocycles. The molecule has 0 heterocycles. The van der Waals surface area contributed by atoms with Gasteiger partial charge >= 0.3 is 0 Å². The average molecular weight is 313 g/mol. The topological polar surface area (TPSA) is 72.2 Å². The Labute approximate surface area is 129 Å². The van der Waals surface area contributed by atoms with Crippen LogP contribution in [0.1, 0.15) is 56.3 Å². The van der Waals surface area contributed by atoms with Crippen molar-refractivity contribution in [2.24, 2.45) is 0 Å². The lowest BCUT2D eigenvalue weighted by atomic mass is 10.0. The first-order valence-corrected chi connectivity index (χ1v) is 7.62. The highest BCUT2D eigenvalue weighted by molar-refractivity contribution is 6.34. The highest BCUT2D eigenvalue weighted by Gasteiger charge is 2.17. The number of nitro groups is 1. The minimum atomic E-state index is -0.533. The Morgan fingerprint density at radius 3 is 2.57 bits per heavy atom. The maximum atomic E-state index is 12.2.